The first-order valence-corrected chi connectivity index (χ1v) is 9.23. The van der Waals surface area contributed by atoms with Gasteiger partial charge in [0.15, 0.2) is 0 Å². The molecule has 1 aromatic heterocycles. The van der Waals surface area contributed by atoms with E-state index in [9.17, 15) is 4.79 Å². The highest BCUT2D eigenvalue weighted by Gasteiger charge is 2.29. The lowest BCUT2D eigenvalue weighted by atomic mass is 10.0. The molecule has 128 valence electrons. The molecule has 5 nitrogen and oxygen atoms in total. The summed E-state index contributed by atoms with van der Waals surface area (Å²) in [5, 5.41) is 6.00. The van der Waals surface area contributed by atoms with Crippen molar-refractivity contribution in [2.24, 2.45) is 0 Å². The number of amides is 2. The van der Waals surface area contributed by atoms with E-state index in [1.165, 1.54) is 0 Å². The van der Waals surface area contributed by atoms with E-state index in [4.69, 9.17) is 4.74 Å². The van der Waals surface area contributed by atoms with E-state index in [1.807, 2.05) is 36.3 Å². The second-order valence-corrected chi connectivity index (χ2v) is 6.93. The van der Waals surface area contributed by atoms with Crippen LogP contribution in [0.1, 0.15) is 42.1 Å². The Bertz CT molecular complexity index is 684. The summed E-state index contributed by atoms with van der Waals surface area (Å²) >= 11 is 1.60. The van der Waals surface area contributed by atoms with Crippen molar-refractivity contribution in [1.29, 1.82) is 0 Å². The smallest absolute Gasteiger partial charge is 0.318 e. The molecule has 3 rings (SSSR count). The molecule has 2 heterocycles. The Morgan fingerprint density at radius 1 is 1.42 bits per heavy atom. The van der Waals surface area contributed by atoms with Crippen molar-refractivity contribution >= 4 is 17.4 Å². The van der Waals surface area contributed by atoms with E-state index >= 15 is 0 Å². The van der Waals surface area contributed by atoms with Crippen molar-refractivity contribution in [1.82, 2.24) is 15.2 Å². The molecule has 0 unspecified atom stereocenters. The number of urea groups is 1. The van der Waals surface area contributed by atoms with Gasteiger partial charge in [0.25, 0.3) is 0 Å². The van der Waals surface area contributed by atoms with Gasteiger partial charge in [-0.2, -0.15) is 0 Å². The van der Waals surface area contributed by atoms with Gasteiger partial charge in [-0.1, -0.05) is 12.1 Å². The van der Waals surface area contributed by atoms with Crippen LogP contribution in [-0.2, 0) is 6.54 Å². The van der Waals surface area contributed by atoms with Crippen LogP contribution >= 0.6 is 11.3 Å². The zero-order chi connectivity index (χ0) is 16.9. The number of thiazole rings is 1. The molecule has 2 amide bonds. The second-order valence-electron chi connectivity index (χ2n) is 5.87. The van der Waals surface area contributed by atoms with Crippen LogP contribution in [0.5, 0.6) is 5.75 Å². The normalized spacial score (nSPS) is 17.1. The Labute approximate surface area is 146 Å². The number of aromatic nitrogens is 1. The Kier molecular flexibility index (Phi) is 5.35. The van der Waals surface area contributed by atoms with Gasteiger partial charge in [-0.15, -0.1) is 11.3 Å². The summed E-state index contributed by atoms with van der Waals surface area (Å²) in [4.78, 5) is 18.9. The molecule has 1 aromatic carbocycles. The van der Waals surface area contributed by atoms with E-state index in [0.717, 1.165) is 41.4 Å². The lowest BCUT2D eigenvalue weighted by molar-refractivity contribution is 0.192. The van der Waals surface area contributed by atoms with Gasteiger partial charge in [0, 0.05) is 11.9 Å². The number of carbonyl (C=O) groups excluding carboxylic acids is 1. The summed E-state index contributed by atoms with van der Waals surface area (Å²) < 4.78 is 5.49. The molecule has 1 fully saturated rings. The van der Waals surface area contributed by atoms with E-state index in [2.05, 4.69) is 22.4 Å². The fourth-order valence-electron chi connectivity index (χ4n) is 3.07. The molecule has 6 heteroatoms. The van der Waals surface area contributed by atoms with Gasteiger partial charge >= 0.3 is 6.03 Å². The van der Waals surface area contributed by atoms with Crippen LogP contribution < -0.4 is 10.1 Å². The zero-order valence-corrected chi connectivity index (χ0v) is 14.9. The fraction of sp³-hybridized carbons (Fsp3) is 0.444. The van der Waals surface area contributed by atoms with Crippen LogP contribution in [0.4, 0.5) is 4.79 Å². The number of hydrogen-bond acceptors (Lipinski definition) is 4. The van der Waals surface area contributed by atoms with Crippen LogP contribution in [0, 0.1) is 6.92 Å². The standard InChI is InChI=1S/C18H23N3O2S/c1-3-23-16-8-6-14(7-9-16)17-5-4-10-21(17)18(22)19-11-15-12-24-13(2)20-15/h6-9,12,17H,3-5,10-11H2,1-2H3,(H,19,22)/t17-/m1/s1. The summed E-state index contributed by atoms with van der Waals surface area (Å²) in [6, 6.07) is 8.20. The maximum Gasteiger partial charge on any atom is 0.318 e. The lowest BCUT2D eigenvalue weighted by Crippen LogP contribution is -2.39. The Balaban J connectivity index is 1.62. The van der Waals surface area contributed by atoms with Gasteiger partial charge in [-0.05, 0) is 44.4 Å². The Morgan fingerprint density at radius 3 is 2.88 bits per heavy atom. The summed E-state index contributed by atoms with van der Waals surface area (Å²) in [5.41, 5.74) is 2.08. The van der Waals surface area contributed by atoms with E-state index in [1.54, 1.807) is 11.3 Å². The molecule has 1 saturated heterocycles. The minimum Gasteiger partial charge on any atom is -0.494 e. The van der Waals surface area contributed by atoms with Gasteiger partial charge in [-0.3, -0.25) is 0 Å². The van der Waals surface area contributed by atoms with Crippen LogP contribution in [-0.4, -0.2) is 29.1 Å². The van der Waals surface area contributed by atoms with Crippen molar-refractivity contribution in [3.05, 3.63) is 45.9 Å². The minimum absolute atomic E-state index is 0.0166. The molecule has 1 aliphatic heterocycles. The highest BCUT2D eigenvalue weighted by Crippen LogP contribution is 2.32. The largest absolute Gasteiger partial charge is 0.494 e. The van der Waals surface area contributed by atoms with Crippen molar-refractivity contribution < 1.29 is 9.53 Å². The quantitative estimate of drug-likeness (QED) is 0.894. The average molecular weight is 345 g/mol. The number of aryl methyl sites for hydroxylation is 1. The maximum atomic E-state index is 12.5. The van der Waals surface area contributed by atoms with Crippen molar-refractivity contribution in [3.8, 4) is 5.75 Å². The van der Waals surface area contributed by atoms with Crippen LogP contribution in [0.3, 0.4) is 0 Å². The van der Waals surface area contributed by atoms with Gasteiger partial charge in [0.1, 0.15) is 5.75 Å². The number of hydrogen-bond donors (Lipinski definition) is 1. The van der Waals surface area contributed by atoms with Crippen molar-refractivity contribution in [2.45, 2.75) is 39.3 Å². The molecule has 2 aromatic rings. The maximum absolute atomic E-state index is 12.5. The lowest BCUT2D eigenvalue weighted by Gasteiger charge is -2.25. The number of carbonyl (C=O) groups is 1. The van der Waals surface area contributed by atoms with Gasteiger partial charge in [0.05, 0.1) is 29.9 Å². The minimum atomic E-state index is -0.0166. The number of nitrogens with zero attached hydrogens (tertiary/aromatic N) is 2. The third-order valence-corrected chi connectivity index (χ3v) is 5.00. The zero-order valence-electron chi connectivity index (χ0n) is 14.1. The number of likely N-dealkylation sites (tertiary alicyclic amines) is 1. The van der Waals surface area contributed by atoms with Crippen molar-refractivity contribution in [2.75, 3.05) is 13.2 Å². The van der Waals surface area contributed by atoms with Crippen LogP contribution in [0.15, 0.2) is 29.6 Å². The summed E-state index contributed by atoms with van der Waals surface area (Å²) in [7, 11) is 0. The monoisotopic (exact) mass is 345 g/mol. The molecule has 1 atom stereocenters. The first-order chi connectivity index (χ1) is 11.7. The van der Waals surface area contributed by atoms with E-state index in [-0.39, 0.29) is 12.1 Å². The van der Waals surface area contributed by atoms with E-state index < -0.39 is 0 Å². The molecule has 0 aliphatic carbocycles. The topological polar surface area (TPSA) is 54.5 Å². The third-order valence-electron chi connectivity index (χ3n) is 4.18. The fourth-order valence-corrected chi connectivity index (χ4v) is 3.68. The molecular formula is C18H23N3O2S. The Hall–Kier alpha value is -2.08. The van der Waals surface area contributed by atoms with Crippen LogP contribution in [0.25, 0.3) is 0 Å². The molecular weight excluding hydrogens is 322 g/mol. The first kappa shape index (κ1) is 16.8. The second kappa shape index (κ2) is 7.66. The number of nitrogens with one attached hydrogen (secondary N) is 1. The van der Waals surface area contributed by atoms with Crippen LogP contribution in [0.2, 0.25) is 0 Å². The number of rotatable bonds is 5. The SMILES string of the molecule is CCOc1ccc([C@H]2CCCN2C(=O)NCc2csc(C)n2)cc1. The highest BCUT2D eigenvalue weighted by atomic mass is 32.1. The molecule has 0 spiro atoms. The molecule has 24 heavy (non-hydrogen) atoms. The van der Waals surface area contributed by atoms with Crippen molar-refractivity contribution in [3.63, 3.8) is 0 Å². The predicted octanol–water partition coefficient (Wildman–Crippen LogP) is 3.90. The highest BCUT2D eigenvalue weighted by molar-refractivity contribution is 7.09. The first-order valence-electron chi connectivity index (χ1n) is 8.35. The Morgan fingerprint density at radius 2 is 2.21 bits per heavy atom. The summed E-state index contributed by atoms with van der Waals surface area (Å²) in [6.07, 6.45) is 2.03. The number of benzene rings is 1. The van der Waals surface area contributed by atoms with E-state index in [0.29, 0.717) is 13.2 Å². The summed E-state index contributed by atoms with van der Waals surface area (Å²) in [5.74, 6) is 0.870. The third kappa shape index (κ3) is 3.87. The molecule has 0 bridgehead atoms. The average Bonchev–Trinajstić information content (AvgIpc) is 3.23. The summed E-state index contributed by atoms with van der Waals surface area (Å²) in [6.45, 7) is 5.88. The van der Waals surface area contributed by atoms with Gasteiger partial charge < -0.3 is 15.0 Å². The molecule has 0 radical (unpaired) electrons. The molecule has 1 aliphatic rings. The van der Waals surface area contributed by atoms with Gasteiger partial charge in [-0.25, -0.2) is 9.78 Å². The molecule has 1 N–H and O–H groups in total. The van der Waals surface area contributed by atoms with Gasteiger partial charge in [0.2, 0.25) is 0 Å². The number of ether oxygens (including phenoxy) is 1. The molecule has 0 saturated carbocycles. The predicted molar refractivity (Wildman–Crippen MR) is 95.4 cm³/mol.